The molecule has 0 amide bonds. The summed E-state index contributed by atoms with van der Waals surface area (Å²) in [6.07, 6.45) is 8.05. The van der Waals surface area contributed by atoms with Crippen LogP contribution < -0.4 is 0 Å². The predicted octanol–water partition coefficient (Wildman–Crippen LogP) is 3.93. The van der Waals surface area contributed by atoms with Gasteiger partial charge in [-0.2, -0.15) is 0 Å². The molecule has 1 aliphatic rings. The van der Waals surface area contributed by atoms with Crippen molar-refractivity contribution in [3.8, 4) is 0 Å². The molecule has 1 aliphatic heterocycles. The van der Waals surface area contributed by atoms with Crippen LogP contribution in [-0.4, -0.2) is 30.9 Å². The second kappa shape index (κ2) is 6.74. The molecule has 2 unspecified atom stereocenters. The monoisotopic (exact) mass is 260 g/mol. The van der Waals surface area contributed by atoms with E-state index in [1.807, 2.05) is 12.2 Å². The summed E-state index contributed by atoms with van der Waals surface area (Å²) in [5.74, 6) is 2.07. The molecule has 0 fully saturated rings. The fourth-order valence-electron chi connectivity index (χ4n) is 3.31. The standard InChI is InChI=1S/C17H28N2/c1-7-10-14(4)17(9-3,15(5)11-8-2)16-18-12-13-19(16)6/h7-9,14-15H,1-3,10-13H2,4-6H3. The van der Waals surface area contributed by atoms with Gasteiger partial charge in [-0.3, -0.25) is 4.99 Å². The molecule has 0 radical (unpaired) electrons. The van der Waals surface area contributed by atoms with E-state index in [2.05, 4.69) is 51.6 Å². The number of nitrogens with zero attached hydrogens (tertiary/aromatic N) is 2. The molecule has 0 aliphatic carbocycles. The minimum atomic E-state index is -0.0897. The molecule has 2 heteroatoms. The van der Waals surface area contributed by atoms with Gasteiger partial charge in [0, 0.05) is 13.6 Å². The highest BCUT2D eigenvalue weighted by Crippen LogP contribution is 2.44. The minimum Gasteiger partial charge on any atom is -0.361 e. The van der Waals surface area contributed by atoms with Gasteiger partial charge in [0.05, 0.1) is 12.0 Å². The topological polar surface area (TPSA) is 15.6 Å². The molecule has 0 aromatic carbocycles. The fourth-order valence-corrected chi connectivity index (χ4v) is 3.31. The highest BCUT2D eigenvalue weighted by molar-refractivity contribution is 5.91. The van der Waals surface area contributed by atoms with Crippen LogP contribution in [0, 0.1) is 17.3 Å². The summed E-state index contributed by atoms with van der Waals surface area (Å²) in [7, 11) is 2.13. The second-order valence-electron chi connectivity index (χ2n) is 5.61. The molecule has 106 valence electrons. The molecule has 1 rings (SSSR count). The summed E-state index contributed by atoms with van der Waals surface area (Å²) in [6, 6.07) is 0. The Kier molecular flexibility index (Phi) is 5.59. The van der Waals surface area contributed by atoms with E-state index in [4.69, 9.17) is 4.99 Å². The Bertz CT molecular complexity index is 351. The number of likely N-dealkylation sites (N-methyl/N-ethyl adjacent to an activating group) is 1. The molecule has 2 nitrogen and oxygen atoms in total. The number of hydrogen-bond donors (Lipinski definition) is 0. The van der Waals surface area contributed by atoms with Crippen LogP contribution in [0.1, 0.15) is 26.7 Å². The summed E-state index contributed by atoms with van der Waals surface area (Å²) < 4.78 is 0. The molecule has 0 N–H and O–H groups in total. The molecule has 2 atom stereocenters. The van der Waals surface area contributed by atoms with Gasteiger partial charge in [0.15, 0.2) is 0 Å². The van der Waals surface area contributed by atoms with Gasteiger partial charge in [-0.15, -0.1) is 19.7 Å². The van der Waals surface area contributed by atoms with Crippen molar-refractivity contribution in [2.24, 2.45) is 22.2 Å². The first-order valence-electron chi connectivity index (χ1n) is 7.16. The lowest BCUT2D eigenvalue weighted by molar-refractivity contribution is 0.226. The highest BCUT2D eigenvalue weighted by atomic mass is 15.2. The number of aliphatic imine (C=N–C) groups is 1. The van der Waals surface area contributed by atoms with E-state index in [-0.39, 0.29) is 5.41 Å². The van der Waals surface area contributed by atoms with E-state index >= 15 is 0 Å². The zero-order valence-corrected chi connectivity index (χ0v) is 12.7. The van der Waals surface area contributed by atoms with Crippen LogP contribution in [0.2, 0.25) is 0 Å². The minimum absolute atomic E-state index is 0.0897. The van der Waals surface area contributed by atoms with Gasteiger partial charge in [-0.25, -0.2) is 0 Å². The highest BCUT2D eigenvalue weighted by Gasteiger charge is 2.44. The van der Waals surface area contributed by atoms with Crippen molar-refractivity contribution in [2.75, 3.05) is 20.1 Å². The SMILES string of the molecule is C=CCC(C)C(C=C)(C1=NCCN1C)C(C)CC=C. The van der Waals surface area contributed by atoms with Crippen molar-refractivity contribution in [1.29, 1.82) is 0 Å². The summed E-state index contributed by atoms with van der Waals surface area (Å²) >= 11 is 0. The average molecular weight is 260 g/mol. The van der Waals surface area contributed by atoms with Crippen molar-refractivity contribution in [1.82, 2.24) is 4.90 Å². The van der Waals surface area contributed by atoms with Crippen molar-refractivity contribution < 1.29 is 0 Å². The number of hydrogen-bond acceptors (Lipinski definition) is 2. The predicted molar refractivity (Wildman–Crippen MR) is 85.5 cm³/mol. The van der Waals surface area contributed by atoms with Crippen LogP contribution in [0.3, 0.4) is 0 Å². The first-order valence-corrected chi connectivity index (χ1v) is 7.16. The number of amidine groups is 1. The van der Waals surface area contributed by atoms with Crippen LogP contribution in [0.4, 0.5) is 0 Å². The lowest BCUT2D eigenvalue weighted by Gasteiger charge is -2.43. The molecule has 0 bridgehead atoms. The van der Waals surface area contributed by atoms with Crippen LogP contribution in [0.5, 0.6) is 0 Å². The summed E-state index contributed by atoms with van der Waals surface area (Å²) in [5, 5.41) is 0. The van der Waals surface area contributed by atoms with E-state index < -0.39 is 0 Å². The quantitative estimate of drug-likeness (QED) is 0.604. The maximum absolute atomic E-state index is 4.77. The van der Waals surface area contributed by atoms with Crippen LogP contribution in [0.15, 0.2) is 43.0 Å². The van der Waals surface area contributed by atoms with Gasteiger partial charge in [-0.05, 0) is 24.7 Å². The normalized spacial score (nSPS) is 21.2. The summed E-state index contributed by atoms with van der Waals surface area (Å²) in [4.78, 5) is 7.05. The Morgan fingerprint density at radius 1 is 1.21 bits per heavy atom. The van der Waals surface area contributed by atoms with Gasteiger partial charge in [-0.1, -0.05) is 32.1 Å². The van der Waals surface area contributed by atoms with E-state index in [1.54, 1.807) is 0 Å². The zero-order valence-electron chi connectivity index (χ0n) is 12.7. The maximum Gasteiger partial charge on any atom is 0.109 e. The van der Waals surface area contributed by atoms with Gasteiger partial charge >= 0.3 is 0 Å². The van der Waals surface area contributed by atoms with Crippen LogP contribution in [0.25, 0.3) is 0 Å². The Morgan fingerprint density at radius 2 is 1.74 bits per heavy atom. The van der Waals surface area contributed by atoms with Crippen molar-refractivity contribution in [2.45, 2.75) is 26.7 Å². The number of allylic oxidation sites excluding steroid dienone is 2. The maximum atomic E-state index is 4.77. The Balaban J connectivity index is 3.23. The van der Waals surface area contributed by atoms with Crippen molar-refractivity contribution >= 4 is 5.84 Å². The molecule has 0 saturated carbocycles. The molecule has 0 aromatic heterocycles. The third kappa shape index (κ3) is 2.83. The smallest absolute Gasteiger partial charge is 0.109 e. The van der Waals surface area contributed by atoms with E-state index in [0.29, 0.717) is 11.8 Å². The molecule has 19 heavy (non-hydrogen) atoms. The Hall–Kier alpha value is -1.31. The van der Waals surface area contributed by atoms with Gasteiger partial charge in [0.2, 0.25) is 0 Å². The molecular weight excluding hydrogens is 232 g/mol. The Labute approximate surface area is 118 Å². The molecule has 0 aromatic rings. The third-order valence-corrected chi connectivity index (χ3v) is 4.45. The van der Waals surface area contributed by atoms with E-state index in [9.17, 15) is 0 Å². The van der Waals surface area contributed by atoms with Crippen LogP contribution >= 0.6 is 0 Å². The Morgan fingerprint density at radius 3 is 2.05 bits per heavy atom. The van der Waals surface area contributed by atoms with Crippen molar-refractivity contribution in [3.05, 3.63) is 38.0 Å². The van der Waals surface area contributed by atoms with Gasteiger partial charge in [0.1, 0.15) is 5.84 Å². The van der Waals surface area contributed by atoms with E-state index in [1.165, 1.54) is 5.84 Å². The fraction of sp³-hybridized carbons (Fsp3) is 0.588. The molecular formula is C17H28N2. The summed E-state index contributed by atoms with van der Waals surface area (Å²) in [5.41, 5.74) is -0.0897. The van der Waals surface area contributed by atoms with Gasteiger partial charge < -0.3 is 4.90 Å². The summed E-state index contributed by atoms with van der Waals surface area (Å²) in [6.45, 7) is 18.4. The van der Waals surface area contributed by atoms with Crippen LogP contribution in [-0.2, 0) is 0 Å². The molecule has 0 spiro atoms. The lowest BCUT2D eigenvalue weighted by atomic mass is 9.64. The second-order valence-corrected chi connectivity index (χ2v) is 5.61. The third-order valence-electron chi connectivity index (χ3n) is 4.45. The largest absolute Gasteiger partial charge is 0.361 e. The first kappa shape index (κ1) is 15.7. The zero-order chi connectivity index (χ0) is 14.5. The van der Waals surface area contributed by atoms with Crippen molar-refractivity contribution in [3.63, 3.8) is 0 Å². The first-order chi connectivity index (χ1) is 9.04. The molecule has 0 saturated heterocycles. The average Bonchev–Trinajstić information content (AvgIpc) is 2.79. The lowest BCUT2D eigenvalue weighted by Crippen LogP contribution is -2.47. The van der Waals surface area contributed by atoms with E-state index in [0.717, 1.165) is 25.9 Å². The molecule has 1 heterocycles. The number of rotatable bonds is 8. The van der Waals surface area contributed by atoms with Gasteiger partial charge in [0.25, 0.3) is 0 Å².